The molecule has 3 rings (SSSR count). The van der Waals surface area contributed by atoms with Gasteiger partial charge in [-0.2, -0.15) is 0 Å². The van der Waals surface area contributed by atoms with Crippen LogP contribution in [-0.2, 0) is 0 Å². The van der Waals surface area contributed by atoms with Crippen LogP contribution >= 0.6 is 11.3 Å². The van der Waals surface area contributed by atoms with Crippen molar-refractivity contribution in [3.05, 3.63) is 36.5 Å². The Hall–Kier alpha value is -2.18. The van der Waals surface area contributed by atoms with Gasteiger partial charge in [-0.15, -0.1) is 11.3 Å². The third-order valence-corrected chi connectivity index (χ3v) is 4.61. The predicted octanol–water partition coefficient (Wildman–Crippen LogP) is 3.55. The van der Waals surface area contributed by atoms with Crippen LogP contribution in [0.3, 0.4) is 0 Å². The summed E-state index contributed by atoms with van der Waals surface area (Å²) in [5, 5.41) is 13.5. The van der Waals surface area contributed by atoms with Gasteiger partial charge in [0.1, 0.15) is 23.2 Å². The second-order valence-corrected chi connectivity index (χ2v) is 6.23. The highest BCUT2D eigenvalue weighted by Crippen LogP contribution is 2.32. The molecule has 0 unspecified atom stereocenters. The van der Waals surface area contributed by atoms with Gasteiger partial charge < -0.3 is 15.2 Å². The summed E-state index contributed by atoms with van der Waals surface area (Å²) in [4.78, 5) is 8.97. The van der Waals surface area contributed by atoms with Crippen LogP contribution in [0.1, 0.15) is 13.3 Å². The largest absolute Gasteiger partial charge is 0.491 e. The molecule has 0 saturated heterocycles. The van der Waals surface area contributed by atoms with Gasteiger partial charge in [0.2, 0.25) is 0 Å². The standard InChI is InChI=1S/C17H19N3O2S/c1-3-12(21)10-22-13-5-6-14-15(8-13)23-17(20-14)11-4-7-16(18-2)19-9-11/h4-9,12,21H,3,10H2,1-2H3,(H,18,19)/t12-/m1/s1. The number of nitrogens with one attached hydrogen (secondary N) is 1. The number of hydrogen-bond acceptors (Lipinski definition) is 6. The van der Waals surface area contributed by atoms with Gasteiger partial charge in [-0.25, -0.2) is 9.97 Å². The lowest BCUT2D eigenvalue weighted by molar-refractivity contribution is 0.104. The predicted molar refractivity (Wildman–Crippen MR) is 94.2 cm³/mol. The molecule has 0 spiro atoms. The van der Waals surface area contributed by atoms with Crippen molar-refractivity contribution in [3.8, 4) is 16.3 Å². The van der Waals surface area contributed by atoms with Crippen molar-refractivity contribution in [1.82, 2.24) is 9.97 Å². The molecule has 1 aromatic carbocycles. The summed E-state index contributed by atoms with van der Waals surface area (Å²) in [6, 6.07) is 9.73. The maximum Gasteiger partial charge on any atom is 0.126 e. The van der Waals surface area contributed by atoms with Crippen molar-refractivity contribution >= 4 is 27.4 Å². The maximum atomic E-state index is 9.58. The molecule has 23 heavy (non-hydrogen) atoms. The highest BCUT2D eigenvalue weighted by Gasteiger charge is 2.09. The summed E-state index contributed by atoms with van der Waals surface area (Å²) in [6.07, 6.45) is 2.07. The fourth-order valence-electron chi connectivity index (χ4n) is 2.10. The number of thiazole rings is 1. The number of rotatable bonds is 6. The lowest BCUT2D eigenvalue weighted by Crippen LogP contribution is -2.15. The molecule has 0 saturated carbocycles. The topological polar surface area (TPSA) is 67.3 Å². The van der Waals surface area contributed by atoms with Crippen LogP contribution in [-0.4, -0.2) is 34.8 Å². The highest BCUT2D eigenvalue weighted by atomic mass is 32.1. The average molecular weight is 329 g/mol. The maximum absolute atomic E-state index is 9.58. The highest BCUT2D eigenvalue weighted by molar-refractivity contribution is 7.21. The lowest BCUT2D eigenvalue weighted by atomic mass is 10.3. The number of aromatic nitrogens is 2. The Morgan fingerprint density at radius 3 is 2.87 bits per heavy atom. The minimum absolute atomic E-state index is 0.309. The SMILES string of the molecule is CC[C@@H](O)COc1ccc2nc(-c3ccc(NC)nc3)sc2c1. The van der Waals surface area contributed by atoms with Crippen LogP contribution in [0, 0.1) is 0 Å². The van der Waals surface area contributed by atoms with Crippen LogP contribution in [0.5, 0.6) is 5.75 Å². The van der Waals surface area contributed by atoms with E-state index in [1.54, 1.807) is 11.3 Å². The molecule has 1 atom stereocenters. The van der Waals surface area contributed by atoms with Gasteiger partial charge >= 0.3 is 0 Å². The number of benzene rings is 1. The van der Waals surface area contributed by atoms with Crippen molar-refractivity contribution in [2.75, 3.05) is 19.0 Å². The van der Waals surface area contributed by atoms with Gasteiger partial charge in [-0.1, -0.05) is 6.92 Å². The zero-order chi connectivity index (χ0) is 16.2. The average Bonchev–Trinajstić information content (AvgIpc) is 3.03. The van der Waals surface area contributed by atoms with Gasteiger partial charge in [0.15, 0.2) is 0 Å². The first kappa shape index (κ1) is 15.7. The van der Waals surface area contributed by atoms with E-state index in [-0.39, 0.29) is 0 Å². The molecule has 0 radical (unpaired) electrons. The first-order chi connectivity index (χ1) is 11.2. The summed E-state index contributed by atoms with van der Waals surface area (Å²) < 4.78 is 6.68. The van der Waals surface area contributed by atoms with Crippen LogP contribution in [0.25, 0.3) is 20.8 Å². The number of nitrogens with zero attached hydrogens (tertiary/aromatic N) is 2. The van der Waals surface area contributed by atoms with E-state index in [2.05, 4.69) is 15.3 Å². The van der Waals surface area contributed by atoms with Crippen molar-refractivity contribution in [2.24, 2.45) is 0 Å². The van der Waals surface area contributed by atoms with Gasteiger partial charge in [-0.05, 0) is 36.8 Å². The molecule has 6 heteroatoms. The minimum atomic E-state index is -0.431. The van der Waals surface area contributed by atoms with E-state index < -0.39 is 6.10 Å². The van der Waals surface area contributed by atoms with E-state index in [1.807, 2.05) is 50.5 Å². The van der Waals surface area contributed by atoms with Gasteiger partial charge in [0.05, 0.1) is 16.3 Å². The van der Waals surface area contributed by atoms with Crippen LogP contribution in [0.2, 0.25) is 0 Å². The van der Waals surface area contributed by atoms with Crippen molar-refractivity contribution in [2.45, 2.75) is 19.4 Å². The number of pyridine rings is 1. The Labute approximate surface area is 139 Å². The van der Waals surface area contributed by atoms with Crippen molar-refractivity contribution < 1.29 is 9.84 Å². The second-order valence-electron chi connectivity index (χ2n) is 5.20. The second kappa shape index (κ2) is 6.93. The molecule has 120 valence electrons. The van der Waals surface area contributed by atoms with E-state index in [0.717, 1.165) is 32.4 Å². The number of fused-ring (bicyclic) bond motifs is 1. The molecule has 0 bridgehead atoms. The van der Waals surface area contributed by atoms with E-state index >= 15 is 0 Å². The number of hydrogen-bond donors (Lipinski definition) is 2. The summed E-state index contributed by atoms with van der Waals surface area (Å²) in [6.45, 7) is 2.24. The first-order valence-corrected chi connectivity index (χ1v) is 8.37. The summed E-state index contributed by atoms with van der Waals surface area (Å²) >= 11 is 1.60. The summed E-state index contributed by atoms with van der Waals surface area (Å²) in [5.41, 5.74) is 1.93. The normalized spacial score (nSPS) is 12.3. The third-order valence-electron chi connectivity index (χ3n) is 3.54. The number of aliphatic hydroxyl groups is 1. The summed E-state index contributed by atoms with van der Waals surface area (Å²) in [7, 11) is 1.84. The number of ether oxygens (including phenoxy) is 1. The molecule has 0 amide bonds. The van der Waals surface area contributed by atoms with Gasteiger partial charge in [0, 0.05) is 18.8 Å². The van der Waals surface area contributed by atoms with E-state index in [1.165, 1.54) is 0 Å². The zero-order valence-corrected chi connectivity index (χ0v) is 13.9. The molecule has 2 aromatic heterocycles. The lowest BCUT2D eigenvalue weighted by Gasteiger charge is -2.09. The van der Waals surface area contributed by atoms with E-state index in [0.29, 0.717) is 13.0 Å². The Balaban J connectivity index is 1.83. The van der Waals surface area contributed by atoms with Crippen molar-refractivity contribution in [3.63, 3.8) is 0 Å². The van der Waals surface area contributed by atoms with Crippen LogP contribution in [0.15, 0.2) is 36.5 Å². The van der Waals surface area contributed by atoms with Crippen LogP contribution < -0.4 is 10.1 Å². The van der Waals surface area contributed by atoms with Crippen molar-refractivity contribution in [1.29, 1.82) is 0 Å². The smallest absolute Gasteiger partial charge is 0.126 e. The Kier molecular flexibility index (Phi) is 4.73. The Bertz CT molecular complexity index is 786. The molecule has 0 aliphatic heterocycles. The van der Waals surface area contributed by atoms with Gasteiger partial charge in [0.25, 0.3) is 0 Å². The molecule has 0 aliphatic rings. The zero-order valence-electron chi connectivity index (χ0n) is 13.1. The molecule has 0 aliphatic carbocycles. The fraction of sp³-hybridized carbons (Fsp3) is 0.294. The first-order valence-electron chi connectivity index (χ1n) is 7.55. The third kappa shape index (κ3) is 3.60. The fourth-order valence-corrected chi connectivity index (χ4v) is 3.08. The molecular weight excluding hydrogens is 310 g/mol. The van der Waals surface area contributed by atoms with Gasteiger partial charge in [-0.3, -0.25) is 0 Å². The minimum Gasteiger partial charge on any atom is -0.491 e. The van der Waals surface area contributed by atoms with E-state index in [4.69, 9.17) is 4.74 Å². The number of anilines is 1. The molecule has 2 N–H and O–H groups in total. The molecule has 2 heterocycles. The molecule has 3 aromatic rings. The van der Waals surface area contributed by atoms with E-state index in [9.17, 15) is 5.11 Å². The molecule has 5 nitrogen and oxygen atoms in total. The Morgan fingerprint density at radius 2 is 2.17 bits per heavy atom. The molecule has 0 fully saturated rings. The molecular formula is C17H19N3O2S. The quantitative estimate of drug-likeness (QED) is 0.724. The number of aliphatic hydroxyl groups excluding tert-OH is 1. The Morgan fingerprint density at radius 1 is 1.30 bits per heavy atom. The van der Waals surface area contributed by atoms with Crippen LogP contribution in [0.4, 0.5) is 5.82 Å². The summed E-state index contributed by atoms with van der Waals surface area (Å²) in [5.74, 6) is 1.59. The monoisotopic (exact) mass is 329 g/mol.